The zero-order valence-electron chi connectivity index (χ0n) is 12.7. The largest absolute Gasteiger partial charge is 0.496 e. The number of ether oxygens (including phenoxy) is 1. The predicted molar refractivity (Wildman–Crippen MR) is 89.8 cm³/mol. The number of nitrogens with zero attached hydrogens (tertiary/aromatic N) is 1. The van der Waals surface area contributed by atoms with E-state index < -0.39 is 0 Å². The van der Waals surface area contributed by atoms with E-state index in [0.29, 0.717) is 0 Å². The molecule has 0 fully saturated rings. The number of nitrogens with one attached hydrogen (secondary N) is 1. The zero-order valence-corrected chi connectivity index (χ0v) is 14.3. The fourth-order valence-corrected chi connectivity index (χ4v) is 2.82. The van der Waals surface area contributed by atoms with Crippen molar-refractivity contribution in [2.24, 2.45) is 0 Å². The van der Waals surface area contributed by atoms with Gasteiger partial charge < -0.3 is 10.1 Å². The quantitative estimate of drug-likeness (QED) is 0.847. The van der Waals surface area contributed by atoms with Crippen LogP contribution in [0.4, 0.5) is 0 Å². The fraction of sp³-hybridized carbons (Fsp3) is 0.353. The van der Waals surface area contributed by atoms with E-state index in [1.54, 1.807) is 7.11 Å². The van der Waals surface area contributed by atoms with Crippen molar-refractivity contribution in [2.45, 2.75) is 26.3 Å². The molecule has 1 unspecified atom stereocenters. The average Bonchev–Trinajstić information content (AvgIpc) is 2.49. The molecule has 1 N–H and O–H groups in total. The summed E-state index contributed by atoms with van der Waals surface area (Å²) in [7, 11) is 1.71. The molecule has 21 heavy (non-hydrogen) atoms. The Bertz CT molecular complexity index is 601. The molecule has 2 aromatic rings. The molecule has 0 aliphatic carbocycles. The van der Waals surface area contributed by atoms with Crippen molar-refractivity contribution in [3.05, 3.63) is 57.8 Å². The van der Waals surface area contributed by atoms with Crippen LogP contribution in [0.25, 0.3) is 0 Å². The lowest BCUT2D eigenvalue weighted by Gasteiger charge is -2.22. The summed E-state index contributed by atoms with van der Waals surface area (Å²) in [5.74, 6) is 0.881. The zero-order chi connectivity index (χ0) is 15.2. The summed E-state index contributed by atoms with van der Waals surface area (Å²) in [6.07, 6.45) is 2.89. The first kappa shape index (κ1) is 16.0. The number of aryl methyl sites for hydroxylation is 1. The minimum atomic E-state index is 0.00961. The van der Waals surface area contributed by atoms with Crippen molar-refractivity contribution in [2.75, 3.05) is 13.7 Å². The normalized spacial score (nSPS) is 12.2. The summed E-state index contributed by atoms with van der Waals surface area (Å²) in [5, 5.41) is 3.57. The van der Waals surface area contributed by atoms with Crippen molar-refractivity contribution in [1.82, 2.24) is 10.3 Å². The first-order valence-electron chi connectivity index (χ1n) is 7.15. The van der Waals surface area contributed by atoms with E-state index >= 15 is 0 Å². The Morgan fingerprint density at radius 3 is 2.81 bits per heavy atom. The van der Waals surface area contributed by atoms with Gasteiger partial charge in [-0.05, 0) is 54.0 Å². The molecule has 4 heteroatoms. The second-order valence-corrected chi connectivity index (χ2v) is 5.86. The molecule has 1 aromatic carbocycles. The summed E-state index contributed by atoms with van der Waals surface area (Å²) in [6.45, 7) is 5.17. The van der Waals surface area contributed by atoms with E-state index in [0.717, 1.165) is 34.4 Å². The third-order valence-electron chi connectivity index (χ3n) is 3.36. The van der Waals surface area contributed by atoms with Gasteiger partial charge in [0.2, 0.25) is 0 Å². The molecule has 1 atom stereocenters. The van der Waals surface area contributed by atoms with Crippen LogP contribution in [0.2, 0.25) is 0 Å². The first-order valence-corrected chi connectivity index (χ1v) is 7.95. The molecular formula is C17H21BrN2O. The first-order chi connectivity index (χ1) is 10.2. The maximum absolute atomic E-state index is 5.54. The van der Waals surface area contributed by atoms with Crippen LogP contribution in [-0.4, -0.2) is 18.6 Å². The second kappa shape index (κ2) is 7.57. The van der Waals surface area contributed by atoms with Gasteiger partial charge in [-0.25, -0.2) is 0 Å². The van der Waals surface area contributed by atoms with Gasteiger partial charge in [0, 0.05) is 16.2 Å². The third kappa shape index (κ3) is 3.83. The van der Waals surface area contributed by atoms with E-state index in [1.807, 2.05) is 24.4 Å². The van der Waals surface area contributed by atoms with Crippen molar-refractivity contribution in [3.63, 3.8) is 0 Å². The van der Waals surface area contributed by atoms with Crippen LogP contribution in [0.1, 0.15) is 36.2 Å². The molecule has 1 heterocycles. The summed E-state index contributed by atoms with van der Waals surface area (Å²) in [5.41, 5.74) is 3.31. The lowest BCUT2D eigenvalue weighted by Crippen LogP contribution is -2.25. The Morgan fingerprint density at radius 2 is 2.14 bits per heavy atom. The summed E-state index contributed by atoms with van der Waals surface area (Å²) in [6, 6.07) is 10.2. The summed E-state index contributed by atoms with van der Waals surface area (Å²) < 4.78 is 6.54. The molecule has 1 aromatic heterocycles. The number of halogens is 1. The van der Waals surface area contributed by atoms with E-state index in [9.17, 15) is 0 Å². The van der Waals surface area contributed by atoms with E-state index in [4.69, 9.17) is 4.74 Å². The lowest BCUT2D eigenvalue weighted by molar-refractivity contribution is 0.403. The molecule has 0 amide bonds. The van der Waals surface area contributed by atoms with Gasteiger partial charge in [0.25, 0.3) is 0 Å². The number of rotatable bonds is 6. The summed E-state index contributed by atoms with van der Waals surface area (Å²) >= 11 is 3.61. The van der Waals surface area contributed by atoms with Crippen molar-refractivity contribution < 1.29 is 4.74 Å². The van der Waals surface area contributed by atoms with Gasteiger partial charge in [-0.3, -0.25) is 4.98 Å². The molecule has 0 radical (unpaired) electrons. The van der Waals surface area contributed by atoms with Crippen LogP contribution in [0.3, 0.4) is 0 Å². The molecule has 0 saturated heterocycles. The lowest BCUT2D eigenvalue weighted by atomic mass is 9.99. The standard InChI is InChI=1S/C17H21BrN2O/c1-4-9-19-16(17-14(18)6-5-10-20-17)13-11-12(2)7-8-15(13)21-3/h5-8,10-11,16,19H,4,9H2,1-3H3. The fourth-order valence-electron chi connectivity index (χ4n) is 2.33. The highest BCUT2D eigenvalue weighted by Gasteiger charge is 2.21. The van der Waals surface area contributed by atoms with E-state index in [-0.39, 0.29) is 6.04 Å². The predicted octanol–water partition coefficient (Wildman–Crippen LogP) is 4.25. The maximum Gasteiger partial charge on any atom is 0.124 e. The minimum Gasteiger partial charge on any atom is -0.496 e. The molecule has 3 nitrogen and oxygen atoms in total. The van der Waals surface area contributed by atoms with Gasteiger partial charge in [0.05, 0.1) is 18.8 Å². The van der Waals surface area contributed by atoms with Crippen LogP contribution in [-0.2, 0) is 0 Å². The SMILES string of the molecule is CCCNC(c1cc(C)ccc1OC)c1ncccc1Br. The van der Waals surface area contributed by atoms with Gasteiger partial charge in [0.1, 0.15) is 5.75 Å². The van der Waals surface area contributed by atoms with E-state index in [1.165, 1.54) is 5.56 Å². The molecule has 0 saturated carbocycles. The second-order valence-electron chi connectivity index (χ2n) is 5.00. The van der Waals surface area contributed by atoms with Gasteiger partial charge >= 0.3 is 0 Å². The molecule has 2 rings (SSSR count). The topological polar surface area (TPSA) is 34.1 Å². The monoisotopic (exact) mass is 348 g/mol. The van der Waals surface area contributed by atoms with Crippen LogP contribution in [0.15, 0.2) is 41.0 Å². The van der Waals surface area contributed by atoms with Gasteiger partial charge in [-0.2, -0.15) is 0 Å². The number of hydrogen-bond donors (Lipinski definition) is 1. The highest BCUT2D eigenvalue weighted by molar-refractivity contribution is 9.10. The third-order valence-corrected chi connectivity index (χ3v) is 4.03. The van der Waals surface area contributed by atoms with Crippen molar-refractivity contribution in [1.29, 1.82) is 0 Å². The molecular weight excluding hydrogens is 328 g/mol. The van der Waals surface area contributed by atoms with Crippen molar-refractivity contribution >= 4 is 15.9 Å². The van der Waals surface area contributed by atoms with Crippen LogP contribution < -0.4 is 10.1 Å². The number of benzene rings is 1. The van der Waals surface area contributed by atoms with Gasteiger partial charge in [0.15, 0.2) is 0 Å². The average molecular weight is 349 g/mol. The maximum atomic E-state index is 5.54. The highest BCUT2D eigenvalue weighted by atomic mass is 79.9. The van der Waals surface area contributed by atoms with E-state index in [2.05, 4.69) is 52.2 Å². The molecule has 0 aliphatic heterocycles. The Hall–Kier alpha value is -1.39. The Labute approximate surface area is 134 Å². The van der Waals surface area contributed by atoms with Crippen LogP contribution in [0, 0.1) is 6.92 Å². The molecule has 0 spiro atoms. The van der Waals surface area contributed by atoms with Gasteiger partial charge in [-0.1, -0.05) is 24.6 Å². The number of pyridine rings is 1. The van der Waals surface area contributed by atoms with Gasteiger partial charge in [-0.15, -0.1) is 0 Å². The van der Waals surface area contributed by atoms with Crippen molar-refractivity contribution in [3.8, 4) is 5.75 Å². The molecule has 0 aliphatic rings. The smallest absolute Gasteiger partial charge is 0.124 e. The Balaban J connectivity index is 2.50. The van der Waals surface area contributed by atoms with Crippen LogP contribution in [0.5, 0.6) is 5.75 Å². The number of aromatic nitrogens is 1. The number of methoxy groups -OCH3 is 1. The Morgan fingerprint density at radius 1 is 1.33 bits per heavy atom. The molecule has 112 valence electrons. The highest BCUT2D eigenvalue weighted by Crippen LogP contribution is 2.33. The number of hydrogen-bond acceptors (Lipinski definition) is 3. The minimum absolute atomic E-state index is 0.00961. The Kier molecular flexibility index (Phi) is 5.76. The molecule has 0 bridgehead atoms. The van der Waals surface area contributed by atoms with Crippen LogP contribution >= 0.6 is 15.9 Å². The summed E-state index contributed by atoms with van der Waals surface area (Å²) in [4.78, 5) is 4.55.